The third-order valence-corrected chi connectivity index (χ3v) is 8.22. The van der Waals surface area contributed by atoms with Crippen LogP contribution in [0.25, 0.3) is 21.9 Å². The number of aryl methyl sites for hydroxylation is 1. The number of amides is 1. The van der Waals surface area contributed by atoms with E-state index >= 15 is 0 Å². The molecule has 1 amide bonds. The molecule has 1 aliphatic carbocycles. The van der Waals surface area contributed by atoms with Crippen LogP contribution in [0.2, 0.25) is 0 Å². The summed E-state index contributed by atoms with van der Waals surface area (Å²) in [5.41, 5.74) is 5.08. The number of rotatable bonds is 8. The largest absolute Gasteiger partial charge is 0.451 e. The molecule has 1 saturated carbocycles. The van der Waals surface area contributed by atoms with Gasteiger partial charge >= 0.3 is 0 Å². The third-order valence-electron chi connectivity index (χ3n) is 8.22. The topological polar surface area (TPSA) is 88.3 Å². The zero-order valence-corrected chi connectivity index (χ0v) is 21.8. The van der Waals surface area contributed by atoms with Crippen molar-refractivity contribution in [1.29, 1.82) is 5.26 Å². The van der Waals surface area contributed by atoms with E-state index in [-0.39, 0.29) is 11.9 Å². The number of nitrogens with one attached hydrogen (secondary N) is 2. The summed E-state index contributed by atoms with van der Waals surface area (Å²) in [4.78, 5) is 20.9. The lowest BCUT2D eigenvalue weighted by Crippen LogP contribution is -2.46. The Labute approximate surface area is 223 Å². The maximum atomic E-state index is 12.6. The van der Waals surface area contributed by atoms with Crippen LogP contribution in [0.5, 0.6) is 0 Å². The summed E-state index contributed by atoms with van der Waals surface area (Å²) in [7, 11) is 0. The summed E-state index contributed by atoms with van der Waals surface area (Å²) in [6, 6.07) is 16.5. The van der Waals surface area contributed by atoms with Crippen LogP contribution in [0.1, 0.15) is 60.2 Å². The normalized spacial score (nSPS) is 16.9. The highest BCUT2D eigenvalue weighted by Gasteiger charge is 2.21. The lowest BCUT2D eigenvalue weighted by atomic mass is 10.1. The number of aromatic amines is 1. The molecule has 6 rings (SSSR count). The van der Waals surface area contributed by atoms with E-state index in [1.165, 1.54) is 29.5 Å². The number of H-pyrrole nitrogens is 1. The number of hydrogen-bond donors (Lipinski definition) is 2. The van der Waals surface area contributed by atoms with Gasteiger partial charge in [-0.1, -0.05) is 12.8 Å². The predicted octanol–water partition coefficient (Wildman–Crippen LogP) is 5.60. The van der Waals surface area contributed by atoms with Gasteiger partial charge in [0.25, 0.3) is 5.91 Å². The van der Waals surface area contributed by atoms with E-state index in [1.54, 1.807) is 0 Å². The number of nitrogens with zero attached hydrogens (tertiary/aromatic N) is 3. The van der Waals surface area contributed by atoms with Crippen LogP contribution in [0, 0.1) is 11.3 Å². The van der Waals surface area contributed by atoms with Gasteiger partial charge in [-0.15, -0.1) is 0 Å². The van der Waals surface area contributed by atoms with Gasteiger partial charge in [0.15, 0.2) is 5.76 Å². The van der Waals surface area contributed by atoms with E-state index in [2.05, 4.69) is 44.5 Å². The molecule has 1 aliphatic heterocycles. The van der Waals surface area contributed by atoms with E-state index in [1.807, 2.05) is 30.3 Å². The summed E-state index contributed by atoms with van der Waals surface area (Å²) >= 11 is 0. The van der Waals surface area contributed by atoms with Crippen molar-refractivity contribution in [3.63, 3.8) is 0 Å². The highest BCUT2D eigenvalue weighted by molar-refractivity contribution is 5.97. The maximum absolute atomic E-state index is 12.6. The van der Waals surface area contributed by atoms with Crippen LogP contribution in [0.15, 0.2) is 53.1 Å². The number of hydrogen-bond acceptors (Lipinski definition) is 5. The van der Waals surface area contributed by atoms with Crippen LogP contribution < -0.4 is 10.2 Å². The van der Waals surface area contributed by atoms with Crippen molar-refractivity contribution in [3.05, 3.63) is 65.5 Å². The van der Waals surface area contributed by atoms with Crippen molar-refractivity contribution >= 4 is 33.5 Å². The Bertz CT molecular complexity index is 1460. The minimum atomic E-state index is -0.0973. The molecule has 7 heteroatoms. The minimum Gasteiger partial charge on any atom is -0.451 e. The fraction of sp³-hybridized carbons (Fsp3) is 0.419. The standard InChI is InChI=1S/C31H35N5O2/c32-20-22-8-10-28-27(17-22)23(21-33-28)5-3-4-12-35-13-15-36(16-14-35)26-9-11-29-24(18-26)19-30(38-29)31(37)34-25-6-1-2-7-25/h8-11,17-19,21,25,33H,1-7,12-16H2,(H,34,37). The zero-order chi connectivity index (χ0) is 25.9. The summed E-state index contributed by atoms with van der Waals surface area (Å²) in [5, 5.41) is 14.5. The number of aromatic nitrogens is 1. The molecule has 2 aromatic heterocycles. The van der Waals surface area contributed by atoms with Gasteiger partial charge in [-0.05, 0) is 86.7 Å². The Morgan fingerprint density at radius 2 is 1.89 bits per heavy atom. The van der Waals surface area contributed by atoms with Gasteiger partial charge in [0.1, 0.15) is 5.58 Å². The lowest BCUT2D eigenvalue weighted by molar-refractivity contribution is 0.0912. The zero-order valence-electron chi connectivity index (χ0n) is 21.8. The molecule has 38 heavy (non-hydrogen) atoms. The molecule has 2 aliphatic rings. The molecule has 0 unspecified atom stereocenters. The molecule has 0 bridgehead atoms. The van der Waals surface area contributed by atoms with Gasteiger partial charge in [0, 0.05) is 60.4 Å². The fourth-order valence-corrected chi connectivity index (χ4v) is 6.00. The fourth-order valence-electron chi connectivity index (χ4n) is 6.00. The van der Waals surface area contributed by atoms with Crippen molar-refractivity contribution in [2.24, 2.45) is 0 Å². The third kappa shape index (κ3) is 5.27. The van der Waals surface area contributed by atoms with Gasteiger partial charge in [-0.2, -0.15) is 5.26 Å². The van der Waals surface area contributed by atoms with Gasteiger partial charge in [-0.25, -0.2) is 0 Å². The first-order chi connectivity index (χ1) is 18.7. The Morgan fingerprint density at radius 3 is 2.71 bits per heavy atom. The summed E-state index contributed by atoms with van der Waals surface area (Å²) in [6.07, 6.45) is 9.93. The first-order valence-corrected chi connectivity index (χ1v) is 14.0. The predicted molar refractivity (Wildman–Crippen MR) is 151 cm³/mol. The van der Waals surface area contributed by atoms with E-state index < -0.39 is 0 Å². The highest BCUT2D eigenvalue weighted by atomic mass is 16.3. The first-order valence-electron chi connectivity index (χ1n) is 14.0. The molecule has 1 saturated heterocycles. The highest BCUT2D eigenvalue weighted by Crippen LogP contribution is 2.27. The monoisotopic (exact) mass is 509 g/mol. The second-order valence-corrected chi connectivity index (χ2v) is 10.8. The van der Waals surface area contributed by atoms with Crippen molar-refractivity contribution in [3.8, 4) is 6.07 Å². The molecular formula is C31H35N5O2. The van der Waals surface area contributed by atoms with E-state index in [4.69, 9.17) is 4.42 Å². The van der Waals surface area contributed by atoms with Crippen molar-refractivity contribution < 1.29 is 9.21 Å². The van der Waals surface area contributed by atoms with E-state index in [9.17, 15) is 10.1 Å². The summed E-state index contributed by atoms with van der Waals surface area (Å²) in [5.74, 6) is 0.312. The van der Waals surface area contributed by atoms with Crippen molar-refractivity contribution in [2.45, 2.75) is 51.0 Å². The molecule has 0 spiro atoms. The lowest BCUT2D eigenvalue weighted by Gasteiger charge is -2.36. The SMILES string of the molecule is N#Cc1ccc2[nH]cc(CCCCN3CCN(c4ccc5oc(C(=O)NC6CCCC6)cc5c4)CC3)c2c1. The smallest absolute Gasteiger partial charge is 0.287 e. The van der Waals surface area contributed by atoms with Gasteiger partial charge in [0.2, 0.25) is 0 Å². The quantitative estimate of drug-likeness (QED) is 0.302. The molecule has 0 radical (unpaired) electrons. The number of carbonyl (C=O) groups is 1. The van der Waals surface area contributed by atoms with Gasteiger partial charge in [-0.3, -0.25) is 9.69 Å². The van der Waals surface area contributed by atoms with Crippen LogP contribution in [0.4, 0.5) is 5.69 Å². The number of fused-ring (bicyclic) bond motifs is 2. The molecule has 196 valence electrons. The molecule has 0 atom stereocenters. The van der Waals surface area contributed by atoms with Crippen LogP contribution in [-0.4, -0.2) is 54.6 Å². The average molecular weight is 510 g/mol. The number of piperazine rings is 1. The molecule has 2 fully saturated rings. The Balaban J connectivity index is 0.981. The van der Waals surface area contributed by atoms with Crippen LogP contribution >= 0.6 is 0 Å². The van der Waals surface area contributed by atoms with Crippen LogP contribution in [0.3, 0.4) is 0 Å². The van der Waals surface area contributed by atoms with Gasteiger partial charge < -0.3 is 19.6 Å². The number of anilines is 1. The minimum absolute atomic E-state index is 0.0973. The van der Waals surface area contributed by atoms with Gasteiger partial charge in [0.05, 0.1) is 11.6 Å². The molecular weight excluding hydrogens is 474 g/mol. The molecule has 7 nitrogen and oxygen atoms in total. The number of carbonyl (C=O) groups excluding carboxylic acids is 1. The molecule has 2 N–H and O–H groups in total. The average Bonchev–Trinajstić information content (AvgIpc) is 3.71. The van der Waals surface area contributed by atoms with E-state index in [0.29, 0.717) is 11.3 Å². The number of benzene rings is 2. The molecule has 4 aromatic rings. The summed E-state index contributed by atoms with van der Waals surface area (Å²) in [6.45, 7) is 5.21. The van der Waals surface area contributed by atoms with Crippen LogP contribution in [-0.2, 0) is 6.42 Å². The van der Waals surface area contributed by atoms with Crippen molar-refractivity contribution in [2.75, 3.05) is 37.6 Å². The maximum Gasteiger partial charge on any atom is 0.287 e. The molecule has 3 heterocycles. The Hall–Kier alpha value is -3.76. The second-order valence-electron chi connectivity index (χ2n) is 10.8. The molecule has 2 aromatic carbocycles. The number of nitriles is 1. The first kappa shape index (κ1) is 24.6. The number of unbranched alkanes of at least 4 members (excludes halogenated alkanes) is 1. The number of furan rings is 1. The van der Waals surface area contributed by atoms with E-state index in [0.717, 1.165) is 81.3 Å². The Morgan fingerprint density at radius 1 is 1.05 bits per heavy atom. The Kier molecular flexibility index (Phi) is 7.06. The second kappa shape index (κ2) is 10.9. The summed E-state index contributed by atoms with van der Waals surface area (Å²) < 4.78 is 5.86. The van der Waals surface area contributed by atoms with Crippen molar-refractivity contribution in [1.82, 2.24) is 15.2 Å².